The lowest BCUT2D eigenvalue weighted by Gasteiger charge is -2.14. The molecule has 1 rings (SSSR count). The molecule has 1 aromatic rings. The van der Waals surface area contributed by atoms with Gasteiger partial charge in [-0.3, -0.25) is 0 Å². The lowest BCUT2D eigenvalue weighted by atomic mass is 10.0. The second-order valence-electron chi connectivity index (χ2n) is 3.41. The molecule has 0 amide bonds. The quantitative estimate of drug-likeness (QED) is 0.826. The molecule has 84 valence electrons. The van der Waals surface area contributed by atoms with Crippen molar-refractivity contribution in [3.63, 3.8) is 0 Å². The first-order valence-corrected chi connectivity index (χ1v) is 4.96. The smallest absolute Gasteiger partial charge is 0.339 e. The third-order valence-electron chi connectivity index (χ3n) is 2.26. The van der Waals surface area contributed by atoms with E-state index in [1.807, 2.05) is 6.92 Å². The first-order chi connectivity index (χ1) is 7.10. The van der Waals surface area contributed by atoms with E-state index in [1.165, 1.54) is 13.2 Å². The van der Waals surface area contributed by atoms with Gasteiger partial charge < -0.3 is 14.3 Å². The normalized spacial score (nSPS) is 12.5. The summed E-state index contributed by atoms with van der Waals surface area (Å²) in [6, 6.07) is 1.25. The van der Waals surface area contributed by atoms with E-state index in [1.54, 1.807) is 6.92 Å². The molecular formula is C11H16O4. The minimum absolute atomic E-state index is 0.393. The summed E-state index contributed by atoms with van der Waals surface area (Å²) in [5.41, 5.74) is 0.107. The Balaban J connectivity index is 3.20. The Kier molecular flexibility index (Phi) is 3.91. The zero-order valence-electron chi connectivity index (χ0n) is 9.24. The van der Waals surface area contributed by atoms with Crippen LogP contribution in [-0.4, -0.2) is 12.2 Å². The molecule has 0 aliphatic heterocycles. The maximum Gasteiger partial charge on any atom is 0.339 e. The van der Waals surface area contributed by atoms with E-state index < -0.39 is 11.7 Å². The molecule has 0 spiro atoms. The van der Waals surface area contributed by atoms with Crippen LogP contribution < -0.4 is 10.4 Å². The van der Waals surface area contributed by atoms with Gasteiger partial charge in [-0.25, -0.2) is 4.79 Å². The average Bonchev–Trinajstić information content (AvgIpc) is 2.16. The minimum atomic E-state index is -0.644. The molecule has 0 fully saturated rings. The first kappa shape index (κ1) is 11.8. The molecule has 1 unspecified atom stereocenters. The summed E-state index contributed by atoms with van der Waals surface area (Å²) in [7, 11) is 1.47. The van der Waals surface area contributed by atoms with Gasteiger partial charge in [-0.1, -0.05) is 13.3 Å². The third kappa shape index (κ3) is 2.59. The molecule has 0 aromatic carbocycles. The van der Waals surface area contributed by atoms with Crippen molar-refractivity contribution in [2.45, 2.75) is 32.8 Å². The van der Waals surface area contributed by atoms with Crippen LogP contribution in [0.4, 0.5) is 0 Å². The molecule has 4 nitrogen and oxygen atoms in total. The minimum Gasteiger partial charge on any atom is -0.496 e. The molecular weight excluding hydrogens is 196 g/mol. The molecule has 0 saturated carbocycles. The van der Waals surface area contributed by atoms with E-state index in [4.69, 9.17) is 9.15 Å². The Bertz CT molecular complexity index is 381. The molecule has 4 heteroatoms. The summed E-state index contributed by atoms with van der Waals surface area (Å²) >= 11 is 0. The summed E-state index contributed by atoms with van der Waals surface area (Å²) in [5, 5.41) is 9.86. The molecule has 0 saturated heterocycles. The molecule has 1 heterocycles. The van der Waals surface area contributed by atoms with Crippen LogP contribution in [0, 0.1) is 6.92 Å². The second kappa shape index (κ2) is 4.98. The van der Waals surface area contributed by atoms with Gasteiger partial charge in [0.2, 0.25) is 0 Å². The molecule has 1 atom stereocenters. The number of methoxy groups -OCH3 is 1. The van der Waals surface area contributed by atoms with E-state index in [2.05, 4.69) is 0 Å². The van der Waals surface area contributed by atoms with E-state index >= 15 is 0 Å². The summed E-state index contributed by atoms with van der Waals surface area (Å²) in [4.78, 5) is 11.1. The van der Waals surface area contributed by atoms with Gasteiger partial charge in [0, 0.05) is 0 Å². The van der Waals surface area contributed by atoms with Crippen LogP contribution in [0.2, 0.25) is 0 Å². The van der Waals surface area contributed by atoms with Crippen LogP contribution in [0.1, 0.15) is 37.2 Å². The van der Waals surface area contributed by atoms with Gasteiger partial charge in [0.05, 0.1) is 24.8 Å². The number of aryl methyl sites for hydroxylation is 1. The number of aliphatic hydroxyl groups is 1. The van der Waals surface area contributed by atoms with Gasteiger partial charge >= 0.3 is 5.63 Å². The highest BCUT2D eigenvalue weighted by Gasteiger charge is 2.17. The highest BCUT2D eigenvalue weighted by molar-refractivity contribution is 5.35. The van der Waals surface area contributed by atoms with Crippen molar-refractivity contribution in [1.82, 2.24) is 0 Å². The zero-order chi connectivity index (χ0) is 11.4. The van der Waals surface area contributed by atoms with Crippen LogP contribution in [0.3, 0.4) is 0 Å². The van der Waals surface area contributed by atoms with Gasteiger partial charge in [0.1, 0.15) is 11.5 Å². The van der Waals surface area contributed by atoms with Gasteiger partial charge in [-0.2, -0.15) is 0 Å². The first-order valence-electron chi connectivity index (χ1n) is 4.96. The molecule has 1 N–H and O–H groups in total. The van der Waals surface area contributed by atoms with Crippen molar-refractivity contribution in [2.24, 2.45) is 0 Å². The predicted octanol–water partition coefficient (Wildman–Crippen LogP) is 1.79. The van der Waals surface area contributed by atoms with Crippen molar-refractivity contribution >= 4 is 0 Å². The number of aliphatic hydroxyl groups excluding tert-OH is 1. The highest BCUT2D eigenvalue weighted by atomic mass is 16.5. The van der Waals surface area contributed by atoms with Crippen molar-refractivity contribution in [2.75, 3.05) is 7.11 Å². The number of ether oxygens (including phenoxy) is 1. The standard InChI is InChI=1S/C11H16O4/c1-4-5-8(12)11-7(2)15-10(13)6-9(11)14-3/h6,8,12H,4-5H2,1-3H3. The van der Waals surface area contributed by atoms with E-state index in [0.717, 1.165) is 6.42 Å². The maximum absolute atomic E-state index is 11.1. The number of rotatable bonds is 4. The monoisotopic (exact) mass is 212 g/mol. The van der Waals surface area contributed by atoms with Crippen LogP contribution >= 0.6 is 0 Å². The summed E-state index contributed by atoms with van der Waals surface area (Å²) in [6.45, 7) is 3.63. The molecule has 0 aliphatic carbocycles. The molecule has 0 aliphatic rings. The summed E-state index contributed by atoms with van der Waals surface area (Å²) in [6.07, 6.45) is 0.822. The van der Waals surface area contributed by atoms with Crippen LogP contribution in [0.15, 0.2) is 15.3 Å². The van der Waals surface area contributed by atoms with Crippen LogP contribution in [-0.2, 0) is 0 Å². The SMILES string of the molecule is CCCC(O)c1c(OC)cc(=O)oc1C. The van der Waals surface area contributed by atoms with Gasteiger partial charge in [0.25, 0.3) is 0 Å². The largest absolute Gasteiger partial charge is 0.496 e. The summed E-state index contributed by atoms with van der Waals surface area (Å²) in [5.74, 6) is 0.810. The lowest BCUT2D eigenvalue weighted by Crippen LogP contribution is -2.08. The average molecular weight is 212 g/mol. The summed E-state index contributed by atoms with van der Waals surface area (Å²) < 4.78 is 9.98. The van der Waals surface area contributed by atoms with E-state index in [-0.39, 0.29) is 0 Å². The highest BCUT2D eigenvalue weighted by Crippen LogP contribution is 2.29. The Morgan fingerprint density at radius 2 is 2.27 bits per heavy atom. The molecule has 0 radical (unpaired) electrons. The predicted molar refractivity (Wildman–Crippen MR) is 56.1 cm³/mol. The van der Waals surface area contributed by atoms with Crippen LogP contribution in [0.5, 0.6) is 5.75 Å². The van der Waals surface area contributed by atoms with E-state index in [9.17, 15) is 9.90 Å². The topological polar surface area (TPSA) is 59.7 Å². The van der Waals surface area contributed by atoms with Gasteiger partial charge in [-0.05, 0) is 13.3 Å². The molecule has 15 heavy (non-hydrogen) atoms. The zero-order valence-corrected chi connectivity index (χ0v) is 9.24. The Hall–Kier alpha value is -1.29. The molecule has 1 aromatic heterocycles. The fourth-order valence-electron chi connectivity index (χ4n) is 1.58. The van der Waals surface area contributed by atoms with Crippen LogP contribution in [0.25, 0.3) is 0 Å². The second-order valence-corrected chi connectivity index (χ2v) is 3.41. The van der Waals surface area contributed by atoms with Crippen molar-refractivity contribution in [3.8, 4) is 5.75 Å². The Morgan fingerprint density at radius 3 is 2.80 bits per heavy atom. The maximum atomic E-state index is 11.1. The third-order valence-corrected chi connectivity index (χ3v) is 2.26. The lowest BCUT2D eigenvalue weighted by molar-refractivity contribution is 0.157. The molecule has 0 bridgehead atoms. The fraction of sp³-hybridized carbons (Fsp3) is 0.545. The van der Waals surface area contributed by atoms with Crippen molar-refractivity contribution < 1.29 is 14.3 Å². The fourth-order valence-corrected chi connectivity index (χ4v) is 1.58. The number of hydrogen-bond donors (Lipinski definition) is 1. The Labute approximate surface area is 88.5 Å². The Morgan fingerprint density at radius 1 is 1.60 bits per heavy atom. The van der Waals surface area contributed by atoms with Crippen molar-refractivity contribution in [3.05, 3.63) is 27.8 Å². The number of hydrogen-bond acceptors (Lipinski definition) is 4. The van der Waals surface area contributed by atoms with Gasteiger partial charge in [-0.15, -0.1) is 0 Å². The van der Waals surface area contributed by atoms with Gasteiger partial charge in [0.15, 0.2) is 0 Å². The van der Waals surface area contributed by atoms with E-state index in [0.29, 0.717) is 23.5 Å². The van der Waals surface area contributed by atoms with Crippen molar-refractivity contribution in [1.29, 1.82) is 0 Å².